The standard InChI is InChI=1S/C17H24N2O3/c1-11-5-6-15(7-12(11)2)18-17(21)14-8-16(20)19(9-14)13(3)10-22-4/h5-7,13-14H,8-10H2,1-4H3,(H,18,21). The first-order valence-electron chi connectivity index (χ1n) is 7.59. The minimum atomic E-state index is -0.298. The van der Waals surface area contributed by atoms with E-state index >= 15 is 0 Å². The van der Waals surface area contributed by atoms with Gasteiger partial charge in [-0.3, -0.25) is 9.59 Å². The summed E-state index contributed by atoms with van der Waals surface area (Å²) in [5.74, 6) is -0.373. The number of methoxy groups -OCH3 is 1. The van der Waals surface area contributed by atoms with Crippen LogP contribution in [-0.4, -0.2) is 43.0 Å². The molecule has 0 radical (unpaired) electrons. The predicted molar refractivity (Wildman–Crippen MR) is 85.7 cm³/mol. The van der Waals surface area contributed by atoms with Crippen LogP contribution in [-0.2, 0) is 14.3 Å². The van der Waals surface area contributed by atoms with Crippen LogP contribution in [0.3, 0.4) is 0 Å². The summed E-state index contributed by atoms with van der Waals surface area (Å²) in [5.41, 5.74) is 3.10. The molecule has 2 amide bonds. The predicted octanol–water partition coefficient (Wildman–Crippen LogP) is 2.13. The molecule has 1 N–H and O–H groups in total. The molecule has 0 bridgehead atoms. The van der Waals surface area contributed by atoms with Crippen LogP contribution in [0.2, 0.25) is 0 Å². The average Bonchev–Trinajstić information content (AvgIpc) is 2.85. The Morgan fingerprint density at radius 3 is 2.77 bits per heavy atom. The van der Waals surface area contributed by atoms with Gasteiger partial charge in [-0.15, -0.1) is 0 Å². The summed E-state index contributed by atoms with van der Waals surface area (Å²) < 4.78 is 5.09. The third kappa shape index (κ3) is 3.65. The van der Waals surface area contributed by atoms with Gasteiger partial charge in [0.2, 0.25) is 11.8 Å². The molecule has 1 heterocycles. The lowest BCUT2D eigenvalue weighted by molar-refractivity contribution is -0.130. The second kappa shape index (κ2) is 6.92. The largest absolute Gasteiger partial charge is 0.383 e. The highest BCUT2D eigenvalue weighted by Crippen LogP contribution is 2.22. The Kier molecular flexibility index (Phi) is 5.19. The third-order valence-electron chi connectivity index (χ3n) is 4.24. The van der Waals surface area contributed by atoms with E-state index in [0.29, 0.717) is 13.2 Å². The molecule has 0 aliphatic carbocycles. The summed E-state index contributed by atoms with van der Waals surface area (Å²) >= 11 is 0. The molecule has 0 spiro atoms. The van der Waals surface area contributed by atoms with Gasteiger partial charge < -0.3 is 15.0 Å². The zero-order chi connectivity index (χ0) is 16.3. The summed E-state index contributed by atoms with van der Waals surface area (Å²) in [6.07, 6.45) is 0.269. The number of anilines is 1. The van der Waals surface area contributed by atoms with Crippen LogP contribution in [0, 0.1) is 19.8 Å². The third-order valence-corrected chi connectivity index (χ3v) is 4.24. The number of benzene rings is 1. The first kappa shape index (κ1) is 16.5. The molecule has 1 saturated heterocycles. The van der Waals surface area contributed by atoms with Crippen LogP contribution >= 0.6 is 0 Å². The van der Waals surface area contributed by atoms with Crippen LogP contribution in [0.15, 0.2) is 18.2 Å². The van der Waals surface area contributed by atoms with Crippen molar-refractivity contribution in [1.82, 2.24) is 4.90 Å². The molecule has 0 aromatic heterocycles. The minimum absolute atomic E-state index is 0.00285. The van der Waals surface area contributed by atoms with E-state index in [0.717, 1.165) is 11.3 Å². The molecule has 2 rings (SSSR count). The Morgan fingerprint density at radius 2 is 2.14 bits per heavy atom. The molecule has 2 unspecified atom stereocenters. The van der Waals surface area contributed by atoms with Gasteiger partial charge in [-0.1, -0.05) is 6.07 Å². The second-order valence-corrected chi connectivity index (χ2v) is 6.04. The van der Waals surface area contributed by atoms with E-state index in [-0.39, 0.29) is 30.2 Å². The van der Waals surface area contributed by atoms with Crippen LogP contribution < -0.4 is 5.32 Å². The Morgan fingerprint density at radius 1 is 1.41 bits per heavy atom. The highest BCUT2D eigenvalue weighted by atomic mass is 16.5. The molecule has 1 aliphatic rings. The Labute approximate surface area is 131 Å². The Bertz CT molecular complexity index is 571. The fourth-order valence-electron chi connectivity index (χ4n) is 2.73. The van der Waals surface area contributed by atoms with Gasteiger partial charge in [-0.2, -0.15) is 0 Å². The van der Waals surface area contributed by atoms with Gasteiger partial charge >= 0.3 is 0 Å². The molecular formula is C17H24N2O3. The van der Waals surface area contributed by atoms with Crippen molar-refractivity contribution in [3.8, 4) is 0 Å². The maximum absolute atomic E-state index is 12.4. The van der Waals surface area contributed by atoms with Crippen LogP contribution in [0.25, 0.3) is 0 Å². The first-order valence-corrected chi connectivity index (χ1v) is 7.59. The van der Waals surface area contributed by atoms with Crippen LogP contribution in [0.1, 0.15) is 24.5 Å². The number of rotatable bonds is 5. The lowest BCUT2D eigenvalue weighted by Gasteiger charge is -2.23. The van der Waals surface area contributed by atoms with Crippen molar-refractivity contribution in [2.75, 3.05) is 25.6 Å². The van der Waals surface area contributed by atoms with Gasteiger partial charge in [0.05, 0.1) is 18.6 Å². The molecule has 1 aromatic carbocycles. The van der Waals surface area contributed by atoms with Crippen molar-refractivity contribution in [1.29, 1.82) is 0 Å². The smallest absolute Gasteiger partial charge is 0.229 e. The molecule has 1 aliphatic heterocycles. The first-order chi connectivity index (χ1) is 10.4. The van der Waals surface area contributed by atoms with Gasteiger partial charge in [-0.05, 0) is 44.0 Å². The molecular weight excluding hydrogens is 280 g/mol. The van der Waals surface area contributed by atoms with Gasteiger partial charge in [0.1, 0.15) is 0 Å². The topological polar surface area (TPSA) is 58.6 Å². The van der Waals surface area contributed by atoms with Crippen molar-refractivity contribution < 1.29 is 14.3 Å². The molecule has 120 valence electrons. The molecule has 1 aromatic rings. The van der Waals surface area contributed by atoms with Crippen molar-refractivity contribution in [2.24, 2.45) is 5.92 Å². The van der Waals surface area contributed by atoms with E-state index in [2.05, 4.69) is 5.32 Å². The Balaban J connectivity index is 1.99. The highest BCUT2D eigenvalue weighted by Gasteiger charge is 2.36. The summed E-state index contributed by atoms with van der Waals surface area (Å²) in [6, 6.07) is 5.83. The van der Waals surface area contributed by atoms with Gasteiger partial charge in [0, 0.05) is 25.8 Å². The maximum Gasteiger partial charge on any atom is 0.229 e. The number of hydrogen-bond acceptors (Lipinski definition) is 3. The van der Waals surface area contributed by atoms with Crippen molar-refractivity contribution in [3.05, 3.63) is 29.3 Å². The Hall–Kier alpha value is -1.88. The van der Waals surface area contributed by atoms with E-state index in [1.807, 2.05) is 39.0 Å². The molecule has 5 heteroatoms. The monoisotopic (exact) mass is 304 g/mol. The summed E-state index contributed by atoms with van der Waals surface area (Å²) in [6.45, 7) is 6.92. The van der Waals surface area contributed by atoms with Gasteiger partial charge in [-0.25, -0.2) is 0 Å². The molecule has 0 saturated carbocycles. The SMILES string of the molecule is COCC(C)N1CC(C(=O)Nc2ccc(C)c(C)c2)CC1=O. The number of carbonyl (C=O) groups excluding carboxylic acids is 2. The number of hydrogen-bond donors (Lipinski definition) is 1. The number of nitrogens with one attached hydrogen (secondary N) is 1. The minimum Gasteiger partial charge on any atom is -0.383 e. The van der Waals surface area contributed by atoms with Gasteiger partial charge in [0.25, 0.3) is 0 Å². The fraction of sp³-hybridized carbons (Fsp3) is 0.529. The highest BCUT2D eigenvalue weighted by molar-refractivity contribution is 5.97. The second-order valence-electron chi connectivity index (χ2n) is 6.04. The zero-order valence-electron chi connectivity index (χ0n) is 13.7. The summed E-state index contributed by atoms with van der Waals surface area (Å²) in [7, 11) is 1.61. The molecule has 2 atom stereocenters. The molecule has 1 fully saturated rings. The fourth-order valence-corrected chi connectivity index (χ4v) is 2.73. The number of aryl methyl sites for hydroxylation is 2. The van der Waals surface area contributed by atoms with E-state index < -0.39 is 0 Å². The van der Waals surface area contributed by atoms with Crippen molar-refractivity contribution >= 4 is 17.5 Å². The molecule has 5 nitrogen and oxygen atoms in total. The van der Waals surface area contributed by atoms with Crippen LogP contribution in [0.4, 0.5) is 5.69 Å². The van der Waals surface area contributed by atoms with Gasteiger partial charge in [0.15, 0.2) is 0 Å². The molecule has 22 heavy (non-hydrogen) atoms. The van der Waals surface area contributed by atoms with E-state index in [1.54, 1.807) is 12.0 Å². The lowest BCUT2D eigenvalue weighted by Crippen LogP contribution is -2.38. The van der Waals surface area contributed by atoms with E-state index in [4.69, 9.17) is 4.74 Å². The number of amides is 2. The van der Waals surface area contributed by atoms with Crippen LogP contribution in [0.5, 0.6) is 0 Å². The van der Waals surface area contributed by atoms with Crippen molar-refractivity contribution in [3.63, 3.8) is 0 Å². The van der Waals surface area contributed by atoms with E-state index in [9.17, 15) is 9.59 Å². The number of ether oxygens (including phenoxy) is 1. The quantitative estimate of drug-likeness (QED) is 0.906. The maximum atomic E-state index is 12.4. The number of likely N-dealkylation sites (tertiary alicyclic amines) is 1. The summed E-state index contributed by atoms with van der Waals surface area (Å²) in [4.78, 5) is 26.1. The normalized spacial score (nSPS) is 19.4. The van der Waals surface area contributed by atoms with E-state index in [1.165, 1.54) is 5.56 Å². The zero-order valence-corrected chi connectivity index (χ0v) is 13.7. The number of carbonyl (C=O) groups is 2. The average molecular weight is 304 g/mol. The van der Waals surface area contributed by atoms with Crippen molar-refractivity contribution in [2.45, 2.75) is 33.2 Å². The lowest BCUT2D eigenvalue weighted by atomic mass is 10.1. The summed E-state index contributed by atoms with van der Waals surface area (Å²) in [5, 5.41) is 2.91. The number of nitrogens with zero attached hydrogens (tertiary/aromatic N) is 1.